The topological polar surface area (TPSA) is 68.7 Å². The molecule has 0 aliphatic carbocycles. The number of ether oxygens (including phenoxy) is 2. The molecule has 4 aromatic rings. The first-order valence-electron chi connectivity index (χ1n) is 10.6. The molecule has 0 N–H and O–H groups in total. The average molecular weight is 493 g/mol. The van der Waals surface area contributed by atoms with Crippen molar-refractivity contribution in [1.29, 1.82) is 0 Å². The van der Waals surface area contributed by atoms with E-state index in [-0.39, 0.29) is 5.69 Å². The van der Waals surface area contributed by atoms with E-state index in [2.05, 4.69) is 4.98 Å². The highest BCUT2D eigenvalue weighted by molar-refractivity contribution is 7.82. The van der Waals surface area contributed by atoms with E-state index in [4.69, 9.17) is 9.47 Å². The Morgan fingerprint density at radius 2 is 1.59 bits per heavy atom. The van der Waals surface area contributed by atoms with Crippen LogP contribution in [-0.2, 0) is 35.4 Å². The van der Waals surface area contributed by atoms with E-state index in [1.807, 2.05) is 89.2 Å². The van der Waals surface area contributed by atoms with E-state index in [9.17, 15) is 9.00 Å². The normalized spacial score (nSPS) is 11.8. The smallest absolute Gasteiger partial charge is 0.357 e. The van der Waals surface area contributed by atoms with Crippen molar-refractivity contribution in [3.63, 3.8) is 0 Å². The second-order valence-electron chi connectivity index (χ2n) is 7.40. The van der Waals surface area contributed by atoms with E-state index in [0.29, 0.717) is 29.6 Å². The Hall–Kier alpha value is -3.33. The van der Waals surface area contributed by atoms with Crippen molar-refractivity contribution in [1.82, 2.24) is 9.29 Å². The molecule has 34 heavy (non-hydrogen) atoms. The van der Waals surface area contributed by atoms with Gasteiger partial charge in [-0.3, -0.25) is 0 Å². The number of hydrogen-bond acceptors (Lipinski definition) is 6. The quantitative estimate of drug-likeness (QED) is 0.284. The molecule has 0 saturated heterocycles. The third kappa shape index (κ3) is 6.38. The third-order valence-electron chi connectivity index (χ3n) is 4.97. The zero-order chi connectivity index (χ0) is 23.8. The van der Waals surface area contributed by atoms with Gasteiger partial charge in [-0.1, -0.05) is 60.7 Å². The van der Waals surface area contributed by atoms with Gasteiger partial charge >= 0.3 is 5.97 Å². The molecule has 6 nitrogen and oxygen atoms in total. The van der Waals surface area contributed by atoms with Crippen LogP contribution in [0.3, 0.4) is 0 Å². The highest BCUT2D eigenvalue weighted by atomic mass is 32.2. The summed E-state index contributed by atoms with van der Waals surface area (Å²) >= 11 is 1.34. The van der Waals surface area contributed by atoms with Gasteiger partial charge in [-0.05, 0) is 35.4 Å². The SMILES string of the molecule is COC(=O)c1csc(CN(Cc2ccc(OCc3ccccc3)cc2)S(=O)c2ccccc2)n1. The average Bonchev–Trinajstić information content (AvgIpc) is 3.36. The Labute approximate surface area is 205 Å². The second-order valence-corrected chi connectivity index (χ2v) is 9.83. The van der Waals surface area contributed by atoms with Crippen molar-refractivity contribution >= 4 is 28.3 Å². The van der Waals surface area contributed by atoms with Crippen LogP contribution >= 0.6 is 11.3 Å². The molecule has 0 saturated carbocycles. The molecule has 174 valence electrons. The van der Waals surface area contributed by atoms with E-state index in [1.54, 1.807) is 5.38 Å². The Balaban J connectivity index is 1.48. The lowest BCUT2D eigenvalue weighted by Crippen LogP contribution is -2.25. The van der Waals surface area contributed by atoms with Crippen molar-refractivity contribution in [2.75, 3.05) is 7.11 Å². The number of hydrogen-bond donors (Lipinski definition) is 0. The molecular weight excluding hydrogens is 468 g/mol. The molecule has 0 amide bonds. The number of rotatable bonds is 10. The fourth-order valence-electron chi connectivity index (χ4n) is 3.23. The van der Waals surface area contributed by atoms with Crippen molar-refractivity contribution < 1.29 is 18.5 Å². The molecule has 4 rings (SSSR count). The number of esters is 1. The van der Waals surface area contributed by atoms with Crippen LogP contribution in [0.15, 0.2) is 95.2 Å². The first-order chi connectivity index (χ1) is 16.6. The zero-order valence-electron chi connectivity index (χ0n) is 18.6. The summed E-state index contributed by atoms with van der Waals surface area (Å²) in [6.07, 6.45) is 0. The Kier molecular flexibility index (Phi) is 8.19. The molecule has 0 aliphatic heterocycles. The molecule has 1 heterocycles. The Morgan fingerprint density at radius 3 is 2.26 bits per heavy atom. The first kappa shape index (κ1) is 23.8. The number of aromatic nitrogens is 1. The summed E-state index contributed by atoms with van der Waals surface area (Å²) in [4.78, 5) is 16.8. The lowest BCUT2D eigenvalue weighted by atomic mass is 10.2. The molecular formula is C26H24N2O4S2. The predicted octanol–water partition coefficient (Wildman–Crippen LogP) is 5.23. The number of nitrogens with zero attached hydrogens (tertiary/aromatic N) is 2. The molecule has 1 unspecified atom stereocenters. The van der Waals surface area contributed by atoms with Crippen LogP contribution in [0, 0.1) is 0 Å². The van der Waals surface area contributed by atoms with E-state index in [1.165, 1.54) is 18.4 Å². The van der Waals surface area contributed by atoms with Gasteiger partial charge in [-0.25, -0.2) is 18.3 Å². The van der Waals surface area contributed by atoms with Crippen molar-refractivity contribution in [2.45, 2.75) is 24.6 Å². The molecule has 0 aliphatic rings. The van der Waals surface area contributed by atoms with Gasteiger partial charge in [0.05, 0.1) is 18.6 Å². The van der Waals surface area contributed by atoms with Gasteiger partial charge in [0.1, 0.15) is 28.3 Å². The van der Waals surface area contributed by atoms with Gasteiger partial charge in [0.25, 0.3) is 0 Å². The van der Waals surface area contributed by atoms with Crippen molar-refractivity contribution in [3.05, 3.63) is 112 Å². The van der Waals surface area contributed by atoms with Gasteiger partial charge in [-0.15, -0.1) is 11.3 Å². The number of carbonyl (C=O) groups is 1. The molecule has 0 spiro atoms. The van der Waals surface area contributed by atoms with E-state index in [0.717, 1.165) is 16.9 Å². The maximum atomic E-state index is 13.4. The molecule has 0 bridgehead atoms. The third-order valence-corrected chi connectivity index (χ3v) is 7.20. The second kappa shape index (κ2) is 11.7. The molecule has 0 fully saturated rings. The molecule has 3 aromatic carbocycles. The maximum Gasteiger partial charge on any atom is 0.357 e. The maximum absolute atomic E-state index is 13.4. The van der Waals surface area contributed by atoms with Crippen molar-refractivity contribution in [2.24, 2.45) is 0 Å². The lowest BCUT2D eigenvalue weighted by molar-refractivity contribution is 0.0594. The number of carbonyl (C=O) groups excluding carboxylic acids is 1. The summed E-state index contributed by atoms with van der Waals surface area (Å²) in [5, 5.41) is 2.34. The molecule has 0 radical (unpaired) electrons. The van der Waals surface area contributed by atoms with Crippen LogP contribution in [0.1, 0.15) is 26.6 Å². The monoisotopic (exact) mass is 492 g/mol. The van der Waals surface area contributed by atoms with Crippen LogP contribution < -0.4 is 4.74 Å². The van der Waals surface area contributed by atoms with Gasteiger partial charge < -0.3 is 9.47 Å². The van der Waals surface area contributed by atoms with Crippen LogP contribution in [0.4, 0.5) is 0 Å². The van der Waals surface area contributed by atoms with Crippen LogP contribution in [0.5, 0.6) is 5.75 Å². The number of benzene rings is 3. The summed E-state index contributed by atoms with van der Waals surface area (Å²) in [5.41, 5.74) is 2.35. The largest absolute Gasteiger partial charge is 0.489 e. The summed E-state index contributed by atoms with van der Waals surface area (Å²) in [6.45, 7) is 1.26. The minimum absolute atomic E-state index is 0.257. The van der Waals surface area contributed by atoms with Gasteiger partial charge in [0, 0.05) is 11.9 Å². The zero-order valence-corrected chi connectivity index (χ0v) is 20.3. The van der Waals surface area contributed by atoms with Gasteiger partial charge in [0.2, 0.25) is 0 Å². The van der Waals surface area contributed by atoms with Crippen LogP contribution in [-0.4, -0.2) is 26.6 Å². The van der Waals surface area contributed by atoms with Crippen molar-refractivity contribution in [3.8, 4) is 5.75 Å². The molecule has 8 heteroatoms. The summed E-state index contributed by atoms with van der Waals surface area (Å²) in [7, 11) is -0.0818. The Morgan fingerprint density at radius 1 is 0.912 bits per heavy atom. The van der Waals surface area contributed by atoms with Gasteiger partial charge in [0.15, 0.2) is 5.69 Å². The number of thiazole rings is 1. The first-order valence-corrected chi connectivity index (χ1v) is 12.6. The summed E-state index contributed by atoms with van der Waals surface area (Å²) in [6, 6.07) is 27.1. The summed E-state index contributed by atoms with van der Waals surface area (Å²) in [5.74, 6) is 0.287. The standard InChI is InChI=1S/C26H24N2O4S2/c1-31-26(29)24-19-33-25(27-24)17-28(34(30)23-10-6-3-7-11-23)16-20-12-14-22(15-13-20)32-18-21-8-4-2-5-9-21/h2-15,19H,16-18H2,1H3. The predicted molar refractivity (Wildman–Crippen MR) is 133 cm³/mol. The molecule has 1 aromatic heterocycles. The van der Waals surface area contributed by atoms with E-state index < -0.39 is 17.0 Å². The summed E-state index contributed by atoms with van der Waals surface area (Å²) < 4.78 is 25.8. The minimum Gasteiger partial charge on any atom is -0.489 e. The fourth-order valence-corrected chi connectivity index (χ4v) is 5.28. The molecule has 1 atom stereocenters. The number of methoxy groups -OCH3 is 1. The highest BCUT2D eigenvalue weighted by Gasteiger charge is 2.19. The van der Waals surface area contributed by atoms with E-state index >= 15 is 0 Å². The van der Waals surface area contributed by atoms with Crippen LogP contribution in [0.2, 0.25) is 0 Å². The van der Waals surface area contributed by atoms with Crippen LogP contribution in [0.25, 0.3) is 0 Å². The minimum atomic E-state index is -1.41. The fraction of sp³-hybridized carbons (Fsp3) is 0.154. The lowest BCUT2D eigenvalue weighted by Gasteiger charge is -2.20. The Bertz CT molecular complexity index is 1230. The van der Waals surface area contributed by atoms with Gasteiger partial charge in [-0.2, -0.15) is 0 Å². The highest BCUT2D eigenvalue weighted by Crippen LogP contribution is 2.22.